The van der Waals surface area contributed by atoms with Crippen molar-refractivity contribution in [2.24, 2.45) is 5.92 Å². The number of hydrogen-bond acceptors (Lipinski definition) is 3. The zero-order valence-corrected chi connectivity index (χ0v) is 11.0. The van der Waals surface area contributed by atoms with E-state index < -0.39 is 0 Å². The first kappa shape index (κ1) is 11.8. The number of piperidine rings is 1. The van der Waals surface area contributed by atoms with Crippen LogP contribution < -0.4 is 14.8 Å². The number of ether oxygens (including phenoxy) is 2. The van der Waals surface area contributed by atoms with E-state index in [-0.39, 0.29) is 0 Å². The summed E-state index contributed by atoms with van der Waals surface area (Å²) in [5, 5.41) is 3.48. The van der Waals surface area contributed by atoms with Crippen LogP contribution >= 0.6 is 0 Å². The van der Waals surface area contributed by atoms with Crippen LogP contribution in [0.3, 0.4) is 0 Å². The second-order valence-electron chi connectivity index (χ2n) is 5.30. The van der Waals surface area contributed by atoms with Gasteiger partial charge < -0.3 is 14.8 Å². The maximum absolute atomic E-state index is 5.83. The minimum Gasteiger partial charge on any atom is -0.486 e. The average Bonchev–Trinajstić information content (AvgIpc) is 2.43. The molecule has 2 aliphatic heterocycles. The van der Waals surface area contributed by atoms with E-state index in [1.165, 1.54) is 30.5 Å². The fourth-order valence-electron chi connectivity index (χ4n) is 2.91. The van der Waals surface area contributed by atoms with Gasteiger partial charge in [0.25, 0.3) is 0 Å². The van der Waals surface area contributed by atoms with Crippen LogP contribution in [0.1, 0.15) is 24.0 Å². The van der Waals surface area contributed by atoms with Crippen LogP contribution in [0, 0.1) is 12.8 Å². The molecule has 0 aromatic heterocycles. The topological polar surface area (TPSA) is 30.5 Å². The number of rotatable bonds is 2. The van der Waals surface area contributed by atoms with Crippen molar-refractivity contribution in [2.75, 3.05) is 26.3 Å². The van der Waals surface area contributed by atoms with E-state index in [2.05, 4.69) is 18.3 Å². The lowest BCUT2D eigenvalue weighted by Gasteiger charge is -2.27. The summed E-state index contributed by atoms with van der Waals surface area (Å²) in [6, 6.07) is 4.19. The molecule has 1 saturated heterocycles. The molecule has 3 rings (SSSR count). The second kappa shape index (κ2) is 5.19. The molecule has 1 fully saturated rings. The Morgan fingerprint density at radius 2 is 2.17 bits per heavy atom. The molecule has 18 heavy (non-hydrogen) atoms. The molecule has 0 aliphatic carbocycles. The van der Waals surface area contributed by atoms with E-state index in [1.54, 1.807) is 0 Å². The molecule has 0 amide bonds. The largest absolute Gasteiger partial charge is 0.486 e. The smallest absolute Gasteiger partial charge is 0.164 e. The van der Waals surface area contributed by atoms with Gasteiger partial charge in [-0.3, -0.25) is 0 Å². The highest BCUT2D eigenvalue weighted by molar-refractivity contribution is 5.51. The van der Waals surface area contributed by atoms with Crippen molar-refractivity contribution in [3.05, 3.63) is 23.3 Å². The van der Waals surface area contributed by atoms with Gasteiger partial charge in [0.1, 0.15) is 13.2 Å². The van der Waals surface area contributed by atoms with E-state index in [4.69, 9.17) is 9.47 Å². The van der Waals surface area contributed by atoms with Crippen LogP contribution in [0.5, 0.6) is 11.5 Å². The first-order valence-electron chi connectivity index (χ1n) is 6.93. The molecule has 0 bridgehead atoms. The van der Waals surface area contributed by atoms with Gasteiger partial charge in [-0.25, -0.2) is 0 Å². The number of fused-ring (bicyclic) bond motifs is 1. The maximum Gasteiger partial charge on any atom is 0.164 e. The van der Waals surface area contributed by atoms with Gasteiger partial charge >= 0.3 is 0 Å². The summed E-state index contributed by atoms with van der Waals surface area (Å²) in [6.45, 7) is 5.81. The molecule has 3 nitrogen and oxygen atoms in total. The van der Waals surface area contributed by atoms with Crippen molar-refractivity contribution < 1.29 is 9.47 Å². The van der Waals surface area contributed by atoms with Gasteiger partial charge in [0.15, 0.2) is 11.5 Å². The predicted octanol–water partition coefficient (Wildman–Crippen LogP) is 2.31. The Balaban J connectivity index is 1.85. The van der Waals surface area contributed by atoms with Gasteiger partial charge in [0, 0.05) is 5.56 Å². The summed E-state index contributed by atoms with van der Waals surface area (Å²) < 4.78 is 11.5. The van der Waals surface area contributed by atoms with Crippen LogP contribution in [0.25, 0.3) is 0 Å². The third-order valence-corrected chi connectivity index (χ3v) is 3.94. The van der Waals surface area contributed by atoms with Crippen LogP contribution in [-0.4, -0.2) is 26.3 Å². The summed E-state index contributed by atoms with van der Waals surface area (Å²) >= 11 is 0. The van der Waals surface area contributed by atoms with Crippen molar-refractivity contribution in [2.45, 2.75) is 26.2 Å². The van der Waals surface area contributed by atoms with E-state index in [1.807, 2.05) is 6.07 Å². The molecule has 1 aromatic rings. The molecule has 0 saturated carbocycles. The molecule has 1 atom stereocenters. The molecular formula is C15H21NO2. The zero-order valence-electron chi connectivity index (χ0n) is 11.0. The number of hydrogen-bond donors (Lipinski definition) is 1. The van der Waals surface area contributed by atoms with E-state index >= 15 is 0 Å². The summed E-state index contributed by atoms with van der Waals surface area (Å²) in [4.78, 5) is 0. The molecule has 3 heteroatoms. The second-order valence-corrected chi connectivity index (χ2v) is 5.30. The first-order valence-corrected chi connectivity index (χ1v) is 6.93. The van der Waals surface area contributed by atoms with E-state index in [9.17, 15) is 0 Å². The Kier molecular flexibility index (Phi) is 3.41. The minimum absolute atomic E-state index is 0.667. The van der Waals surface area contributed by atoms with Crippen molar-refractivity contribution >= 4 is 0 Å². The van der Waals surface area contributed by atoms with Crippen LogP contribution in [0.2, 0.25) is 0 Å². The van der Waals surface area contributed by atoms with Crippen LogP contribution in [-0.2, 0) is 6.42 Å². The number of nitrogens with one attached hydrogen (secondary N) is 1. The van der Waals surface area contributed by atoms with Crippen LogP contribution in [0.4, 0.5) is 0 Å². The summed E-state index contributed by atoms with van der Waals surface area (Å²) in [7, 11) is 0. The zero-order chi connectivity index (χ0) is 12.4. The summed E-state index contributed by atoms with van der Waals surface area (Å²) in [5.74, 6) is 2.65. The van der Waals surface area contributed by atoms with Crippen molar-refractivity contribution in [3.63, 3.8) is 0 Å². The Morgan fingerprint density at radius 1 is 1.28 bits per heavy atom. The van der Waals surface area contributed by atoms with Crippen LogP contribution in [0.15, 0.2) is 12.1 Å². The highest BCUT2D eigenvalue weighted by atomic mass is 16.6. The molecule has 1 N–H and O–H groups in total. The number of benzene rings is 1. The molecular weight excluding hydrogens is 226 g/mol. The SMILES string of the molecule is Cc1ccc2c(c1CC1CCCNC1)OCCO2. The van der Waals surface area contributed by atoms with Crippen molar-refractivity contribution in [3.8, 4) is 11.5 Å². The fraction of sp³-hybridized carbons (Fsp3) is 0.600. The highest BCUT2D eigenvalue weighted by Crippen LogP contribution is 2.37. The third-order valence-electron chi connectivity index (χ3n) is 3.94. The third kappa shape index (κ3) is 2.32. The molecule has 1 aromatic carbocycles. The van der Waals surface area contributed by atoms with E-state index in [0.29, 0.717) is 13.2 Å². The predicted molar refractivity (Wildman–Crippen MR) is 71.5 cm³/mol. The fourth-order valence-corrected chi connectivity index (χ4v) is 2.91. The lowest BCUT2D eigenvalue weighted by Crippen LogP contribution is -2.31. The van der Waals surface area contributed by atoms with E-state index in [0.717, 1.165) is 30.4 Å². The maximum atomic E-state index is 5.83. The normalized spacial score (nSPS) is 22.8. The Hall–Kier alpha value is -1.22. The Labute approximate surface area is 108 Å². The lowest BCUT2D eigenvalue weighted by molar-refractivity contribution is 0.169. The van der Waals surface area contributed by atoms with Crippen molar-refractivity contribution in [1.82, 2.24) is 5.32 Å². The number of aryl methyl sites for hydroxylation is 1. The van der Waals surface area contributed by atoms with Gasteiger partial charge in [0.05, 0.1) is 0 Å². The lowest BCUT2D eigenvalue weighted by atomic mass is 9.90. The van der Waals surface area contributed by atoms with Crippen molar-refractivity contribution in [1.29, 1.82) is 0 Å². The molecule has 2 aliphatic rings. The summed E-state index contributed by atoms with van der Waals surface area (Å²) in [5.41, 5.74) is 2.67. The Bertz CT molecular complexity index is 425. The molecule has 0 spiro atoms. The Morgan fingerprint density at radius 3 is 3.00 bits per heavy atom. The van der Waals surface area contributed by atoms with Gasteiger partial charge in [-0.05, 0) is 56.8 Å². The summed E-state index contributed by atoms with van der Waals surface area (Å²) in [6.07, 6.45) is 3.71. The van der Waals surface area contributed by atoms with Gasteiger partial charge in [-0.2, -0.15) is 0 Å². The standard InChI is InChI=1S/C15H21NO2/c1-11-4-5-14-15(18-8-7-17-14)13(11)9-12-3-2-6-16-10-12/h4-5,12,16H,2-3,6-10H2,1H3. The molecule has 2 heterocycles. The average molecular weight is 247 g/mol. The van der Waals surface area contributed by atoms with Gasteiger partial charge in [-0.1, -0.05) is 6.07 Å². The molecule has 0 radical (unpaired) electrons. The first-order chi connectivity index (χ1) is 8.84. The molecule has 1 unspecified atom stereocenters. The molecule has 98 valence electrons. The monoisotopic (exact) mass is 247 g/mol. The minimum atomic E-state index is 0.667. The van der Waals surface area contributed by atoms with Gasteiger partial charge in [0.2, 0.25) is 0 Å². The quantitative estimate of drug-likeness (QED) is 0.870. The van der Waals surface area contributed by atoms with Gasteiger partial charge in [-0.15, -0.1) is 0 Å². The highest BCUT2D eigenvalue weighted by Gasteiger charge is 2.21.